The van der Waals surface area contributed by atoms with E-state index in [0.29, 0.717) is 28.3 Å². The lowest BCUT2D eigenvalue weighted by molar-refractivity contribution is 0.131. The second-order valence-corrected chi connectivity index (χ2v) is 8.65. The minimum absolute atomic E-state index is 0.169. The normalized spacial score (nSPS) is 16.8. The molecule has 0 unspecified atom stereocenters. The summed E-state index contributed by atoms with van der Waals surface area (Å²) in [6.45, 7) is 5.92. The first kappa shape index (κ1) is 19.3. The number of aromatic nitrogens is 4. The molecule has 0 spiro atoms. The maximum absolute atomic E-state index is 14.5. The number of fused-ring (bicyclic) bond motifs is 2. The highest BCUT2D eigenvalue weighted by Gasteiger charge is 2.28. The molecule has 4 aromatic rings. The smallest absolute Gasteiger partial charge is 0.273 e. The van der Waals surface area contributed by atoms with E-state index in [-0.39, 0.29) is 5.69 Å². The van der Waals surface area contributed by atoms with Crippen molar-refractivity contribution in [3.63, 3.8) is 0 Å². The molecule has 2 aliphatic rings. The Balaban J connectivity index is 1.42. The van der Waals surface area contributed by atoms with Crippen LogP contribution in [-0.2, 0) is 13.0 Å². The molecule has 0 aliphatic carbocycles. The first-order chi connectivity index (χ1) is 15.6. The molecule has 2 aromatic heterocycles. The third-order valence-electron chi connectivity index (χ3n) is 6.64. The predicted octanol–water partition coefficient (Wildman–Crippen LogP) is 2.55. The van der Waals surface area contributed by atoms with Crippen LogP contribution in [0.5, 0.6) is 0 Å². The molecule has 0 radical (unpaired) electrons. The minimum atomic E-state index is -0.482. The van der Waals surface area contributed by atoms with E-state index in [1.807, 2.05) is 0 Å². The molecule has 8 heteroatoms. The van der Waals surface area contributed by atoms with E-state index in [1.165, 1.54) is 23.3 Å². The van der Waals surface area contributed by atoms with Crippen molar-refractivity contribution in [2.24, 2.45) is 0 Å². The van der Waals surface area contributed by atoms with Crippen molar-refractivity contribution in [2.75, 3.05) is 19.6 Å². The topological polar surface area (TPSA) is 78.8 Å². The molecule has 0 saturated carbocycles. The van der Waals surface area contributed by atoms with Gasteiger partial charge in [0.1, 0.15) is 22.7 Å². The van der Waals surface area contributed by atoms with Crippen LogP contribution < -0.4 is 10.9 Å². The molecule has 1 fully saturated rings. The largest absolute Gasteiger partial charge is 0.314 e. The first-order valence-electron chi connectivity index (χ1n) is 10.9. The fourth-order valence-corrected chi connectivity index (χ4v) is 4.70. The number of halogens is 1. The lowest BCUT2D eigenvalue weighted by atomic mass is 9.94. The van der Waals surface area contributed by atoms with Crippen LogP contribution in [0.25, 0.3) is 28.0 Å². The van der Waals surface area contributed by atoms with Gasteiger partial charge in [-0.2, -0.15) is 14.9 Å². The van der Waals surface area contributed by atoms with E-state index < -0.39 is 11.4 Å². The summed E-state index contributed by atoms with van der Waals surface area (Å²) in [4.78, 5) is 15.2. The molecule has 162 valence electrons. The van der Waals surface area contributed by atoms with Crippen molar-refractivity contribution >= 4 is 11.0 Å². The number of benzene rings is 2. The Bertz CT molecular complexity index is 1380. The van der Waals surface area contributed by atoms with Gasteiger partial charge in [-0.25, -0.2) is 4.39 Å². The lowest BCUT2D eigenvalue weighted by Crippen LogP contribution is -2.57. The highest BCUT2D eigenvalue weighted by atomic mass is 19.1. The van der Waals surface area contributed by atoms with Crippen molar-refractivity contribution in [3.8, 4) is 16.9 Å². The zero-order valence-electron chi connectivity index (χ0n) is 17.7. The maximum atomic E-state index is 14.5. The number of nitrogens with one attached hydrogen (secondary N) is 2. The van der Waals surface area contributed by atoms with Gasteiger partial charge in [0.25, 0.3) is 5.56 Å². The summed E-state index contributed by atoms with van der Waals surface area (Å²) in [5.74, 6) is -0.482. The number of aromatic amines is 1. The fourth-order valence-electron chi connectivity index (χ4n) is 4.70. The second kappa shape index (κ2) is 7.36. The van der Waals surface area contributed by atoms with Crippen molar-refractivity contribution in [3.05, 3.63) is 75.3 Å². The summed E-state index contributed by atoms with van der Waals surface area (Å²) < 4.78 is 15.7. The third-order valence-corrected chi connectivity index (χ3v) is 6.64. The molecule has 2 aromatic carbocycles. The van der Waals surface area contributed by atoms with Gasteiger partial charge >= 0.3 is 0 Å². The second-order valence-electron chi connectivity index (χ2n) is 8.65. The van der Waals surface area contributed by atoms with E-state index in [2.05, 4.69) is 43.7 Å². The zero-order valence-corrected chi connectivity index (χ0v) is 17.7. The van der Waals surface area contributed by atoms with Crippen molar-refractivity contribution in [2.45, 2.75) is 25.9 Å². The fraction of sp³-hybridized carbons (Fsp3) is 0.292. The molecule has 2 N–H and O–H groups in total. The van der Waals surface area contributed by atoms with E-state index >= 15 is 0 Å². The van der Waals surface area contributed by atoms with E-state index in [9.17, 15) is 9.18 Å². The molecule has 0 bridgehead atoms. The Morgan fingerprint density at radius 3 is 2.78 bits per heavy atom. The summed E-state index contributed by atoms with van der Waals surface area (Å²) in [5.41, 5.74) is 5.76. The summed E-state index contributed by atoms with van der Waals surface area (Å²) in [5, 5.41) is 15.2. The summed E-state index contributed by atoms with van der Waals surface area (Å²) in [6, 6.07) is 13.2. The summed E-state index contributed by atoms with van der Waals surface area (Å²) in [6.07, 6.45) is 0.995. The number of rotatable bonds is 3. The van der Waals surface area contributed by atoms with Crippen LogP contribution in [0.2, 0.25) is 0 Å². The average molecular weight is 430 g/mol. The molecule has 6 rings (SSSR count). The van der Waals surface area contributed by atoms with Crippen molar-refractivity contribution in [1.29, 1.82) is 0 Å². The van der Waals surface area contributed by atoms with Gasteiger partial charge in [-0.15, -0.1) is 0 Å². The first-order valence-corrected chi connectivity index (χ1v) is 10.9. The monoisotopic (exact) mass is 430 g/mol. The van der Waals surface area contributed by atoms with Gasteiger partial charge < -0.3 is 5.32 Å². The van der Waals surface area contributed by atoms with Crippen LogP contribution in [0.1, 0.15) is 16.7 Å². The van der Waals surface area contributed by atoms with Crippen LogP contribution >= 0.6 is 0 Å². The van der Waals surface area contributed by atoms with Crippen LogP contribution in [-0.4, -0.2) is 50.6 Å². The number of para-hydroxylation sites is 1. The minimum Gasteiger partial charge on any atom is -0.314 e. The standard InChI is InChI=1S/C24H23FN6O/c1-14-3-2-4-19(25)24(14)31-21(32)10-20-23(29-31)22(28-27-20)16-5-6-17-13-30(18-11-26-12-18)8-7-15(17)9-16/h2-6,9-10,18,26-27H,7-8,11-13H2,1H3. The van der Waals surface area contributed by atoms with Gasteiger partial charge in [-0.1, -0.05) is 24.3 Å². The van der Waals surface area contributed by atoms with Gasteiger partial charge in [0, 0.05) is 43.9 Å². The molecule has 2 aliphatic heterocycles. The number of H-pyrrole nitrogens is 1. The number of hydrogen-bond donors (Lipinski definition) is 2. The molecule has 32 heavy (non-hydrogen) atoms. The van der Waals surface area contributed by atoms with Crippen LogP contribution in [0, 0.1) is 12.7 Å². The van der Waals surface area contributed by atoms with Crippen LogP contribution in [0.3, 0.4) is 0 Å². The predicted molar refractivity (Wildman–Crippen MR) is 120 cm³/mol. The van der Waals surface area contributed by atoms with E-state index in [1.54, 1.807) is 19.1 Å². The van der Waals surface area contributed by atoms with Crippen LogP contribution in [0.4, 0.5) is 4.39 Å². The molecule has 1 saturated heterocycles. The zero-order chi connectivity index (χ0) is 21.8. The van der Waals surface area contributed by atoms with Gasteiger partial charge in [0.2, 0.25) is 0 Å². The summed E-state index contributed by atoms with van der Waals surface area (Å²) in [7, 11) is 0. The molecule has 0 atom stereocenters. The Labute approximate surface area is 183 Å². The van der Waals surface area contributed by atoms with Gasteiger partial charge in [-0.05, 0) is 42.2 Å². The SMILES string of the molecule is Cc1cccc(F)c1-n1nc2c(-c3ccc4c(c3)CCN(C3CNC3)C4)n[nH]c2cc1=O. The van der Waals surface area contributed by atoms with Gasteiger partial charge in [0.05, 0.1) is 5.52 Å². The molecule has 4 heterocycles. The Hall–Kier alpha value is -3.36. The molecule has 7 nitrogen and oxygen atoms in total. The highest BCUT2D eigenvalue weighted by Crippen LogP contribution is 2.30. The number of nitrogens with zero attached hydrogens (tertiary/aromatic N) is 4. The van der Waals surface area contributed by atoms with Gasteiger partial charge in [-0.3, -0.25) is 14.8 Å². The van der Waals surface area contributed by atoms with E-state index in [0.717, 1.165) is 42.8 Å². The maximum Gasteiger partial charge on any atom is 0.273 e. The average Bonchev–Trinajstić information content (AvgIpc) is 3.14. The Morgan fingerprint density at radius 2 is 2.00 bits per heavy atom. The Morgan fingerprint density at radius 1 is 1.12 bits per heavy atom. The lowest BCUT2D eigenvalue weighted by Gasteiger charge is -2.41. The molecular formula is C24H23FN6O. The van der Waals surface area contributed by atoms with E-state index in [4.69, 9.17) is 0 Å². The Kier molecular flexibility index (Phi) is 4.44. The summed E-state index contributed by atoms with van der Waals surface area (Å²) >= 11 is 0. The van der Waals surface area contributed by atoms with Crippen molar-refractivity contribution in [1.82, 2.24) is 30.2 Å². The van der Waals surface area contributed by atoms with Gasteiger partial charge in [0.15, 0.2) is 0 Å². The highest BCUT2D eigenvalue weighted by molar-refractivity contribution is 5.89. The third kappa shape index (κ3) is 3.06. The quantitative estimate of drug-likeness (QED) is 0.522. The number of aryl methyl sites for hydroxylation is 1. The molecular weight excluding hydrogens is 407 g/mol. The van der Waals surface area contributed by atoms with Crippen LogP contribution in [0.15, 0.2) is 47.3 Å². The van der Waals surface area contributed by atoms with Crippen molar-refractivity contribution < 1.29 is 4.39 Å². The number of hydrogen-bond acceptors (Lipinski definition) is 5. The molecule has 0 amide bonds.